The van der Waals surface area contributed by atoms with Crippen molar-refractivity contribution in [3.05, 3.63) is 65.2 Å². The highest BCUT2D eigenvalue weighted by Crippen LogP contribution is 2.23. The van der Waals surface area contributed by atoms with Crippen LogP contribution >= 0.6 is 0 Å². The summed E-state index contributed by atoms with van der Waals surface area (Å²) >= 11 is 0. The maximum atomic E-state index is 12.6. The van der Waals surface area contributed by atoms with Gasteiger partial charge in [0.1, 0.15) is 29.5 Å². The first-order chi connectivity index (χ1) is 14.9. The predicted molar refractivity (Wildman–Crippen MR) is 115 cm³/mol. The lowest BCUT2D eigenvalue weighted by molar-refractivity contribution is 0.0527. The average Bonchev–Trinajstić information content (AvgIpc) is 3.39. The summed E-state index contributed by atoms with van der Waals surface area (Å²) in [7, 11) is 1.62. The monoisotopic (exact) mass is 425 g/mol. The normalized spacial score (nSPS) is 11.7. The topological polar surface area (TPSA) is 95.6 Å². The van der Waals surface area contributed by atoms with E-state index in [9.17, 15) is 9.59 Å². The highest BCUT2D eigenvalue weighted by atomic mass is 16.5. The van der Waals surface area contributed by atoms with Gasteiger partial charge < -0.3 is 19.2 Å². The van der Waals surface area contributed by atoms with Crippen LogP contribution < -0.4 is 10.1 Å². The van der Waals surface area contributed by atoms with Crippen molar-refractivity contribution in [2.24, 2.45) is 7.05 Å². The van der Waals surface area contributed by atoms with Gasteiger partial charge in [-0.3, -0.25) is 9.48 Å². The zero-order valence-electron chi connectivity index (χ0n) is 18.2. The molecule has 8 nitrogen and oxygen atoms in total. The van der Waals surface area contributed by atoms with Crippen LogP contribution in [-0.4, -0.2) is 28.3 Å². The first-order valence-electron chi connectivity index (χ1n) is 10.2. The molecule has 3 rings (SSSR count). The summed E-state index contributed by atoms with van der Waals surface area (Å²) < 4.78 is 17.7. The number of furan rings is 1. The van der Waals surface area contributed by atoms with Gasteiger partial charge in [-0.15, -0.1) is 0 Å². The van der Waals surface area contributed by atoms with E-state index >= 15 is 0 Å². The molecule has 2 aromatic heterocycles. The van der Waals surface area contributed by atoms with E-state index in [1.165, 1.54) is 16.4 Å². The molecule has 31 heavy (non-hydrogen) atoms. The zero-order valence-corrected chi connectivity index (χ0v) is 18.2. The summed E-state index contributed by atoms with van der Waals surface area (Å²) in [6.07, 6.45) is 2.43. The molecule has 2 heterocycles. The lowest BCUT2D eigenvalue weighted by Crippen LogP contribution is -2.17. The molecule has 0 radical (unpaired) electrons. The Morgan fingerprint density at radius 1 is 1.16 bits per heavy atom. The van der Waals surface area contributed by atoms with Gasteiger partial charge in [-0.05, 0) is 49.1 Å². The standard InChI is InChI=1S/C23H27N3O5/c1-5-15(3)16-7-9-17(10-8-16)30-14-18-11-12-20(31-18)22(27)25-21-19(13-24-26(21)4)23(28)29-6-2/h7-13,15H,5-6,14H2,1-4H3,(H,25,27). The Hall–Kier alpha value is -3.55. The molecule has 0 spiro atoms. The number of carbonyl (C=O) groups excluding carboxylic acids is 2. The highest BCUT2D eigenvalue weighted by molar-refractivity contribution is 6.05. The summed E-state index contributed by atoms with van der Waals surface area (Å²) in [5.41, 5.74) is 1.44. The van der Waals surface area contributed by atoms with Crippen LogP contribution in [0.3, 0.4) is 0 Å². The smallest absolute Gasteiger partial charge is 0.343 e. The summed E-state index contributed by atoms with van der Waals surface area (Å²) in [4.78, 5) is 24.6. The molecular weight excluding hydrogens is 398 g/mol. The van der Waals surface area contributed by atoms with Gasteiger partial charge in [0.25, 0.3) is 5.91 Å². The number of esters is 1. The van der Waals surface area contributed by atoms with Crippen molar-refractivity contribution in [2.75, 3.05) is 11.9 Å². The Balaban J connectivity index is 1.61. The molecule has 1 unspecified atom stereocenters. The molecule has 1 aromatic carbocycles. The van der Waals surface area contributed by atoms with Gasteiger partial charge in [-0.25, -0.2) is 4.79 Å². The van der Waals surface area contributed by atoms with Gasteiger partial charge in [0, 0.05) is 7.05 Å². The molecule has 164 valence electrons. The Morgan fingerprint density at radius 3 is 2.58 bits per heavy atom. The van der Waals surface area contributed by atoms with Gasteiger partial charge in [-0.1, -0.05) is 26.0 Å². The van der Waals surface area contributed by atoms with Crippen LogP contribution in [0.1, 0.15) is 65.3 Å². The number of carbonyl (C=O) groups is 2. The van der Waals surface area contributed by atoms with Crippen LogP contribution in [0, 0.1) is 0 Å². The predicted octanol–water partition coefficient (Wildman–Crippen LogP) is 4.53. The van der Waals surface area contributed by atoms with E-state index in [2.05, 4.69) is 36.4 Å². The number of ether oxygens (including phenoxy) is 2. The molecule has 0 fully saturated rings. The van der Waals surface area contributed by atoms with E-state index in [0.29, 0.717) is 11.7 Å². The molecule has 1 atom stereocenters. The maximum absolute atomic E-state index is 12.6. The number of rotatable bonds is 9. The van der Waals surface area contributed by atoms with Crippen molar-refractivity contribution in [1.29, 1.82) is 0 Å². The minimum atomic E-state index is -0.557. The second-order valence-electron chi connectivity index (χ2n) is 7.14. The first kappa shape index (κ1) is 22.1. The van der Waals surface area contributed by atoms with Gasteiger partial charge in [0.2, 0.25) is 0 Å². The minimum absolute atomic E-state index is 0.0988. The minimum Gasteiger partial charge on any atom is -0.486 e. The number of amides is 1. The van der Waals surface area contributed by atoms with Crippen LogP contribution in [0.5, 0.6) is 5.75 Å². The van der Waals surface area contributed by atoms with Crippen molar-refractivity contribution in [3.63, 3.8) is 0 Å². The Bertz CT molecular complexity index is 1040. The molecule has 0 aliphatic carbocycles. The highest BCUT2D eigenvalue weighted by Gasteiger charge is 2.21. The molecule has 0 saturated heterocycles. The van der Waals surface area contributed by atoms with E-state index in [-0.39, 0.29) is 30.4 Å². The van der Waals surface area contributed by atoms with Gasteiger partial charge in [0.15, 0.2) is 5.76 Å². The van der Waals surface area contributed by atoms with Crippen LogP contribution in [0.25, 0.3) is 0 Å². The maximum Gasteiger partial charge on any atom is 0.343 e. The molecular formula is C23H27N3O5. The molecule has 0 bridgehead atoms. The van der Waals surface area contributed by atoms with Crippen LogP contribution in [0.2, 0.25) is 0 Å². The van der Waals surface area contributed by atoms with E-state index < -0.39 is 11.9 Å². The fourth-order valence-electron chi connectivity index (χ4n) is 2.97. The fraction of sp³-hybridized carbons (Fsp3) is 0.348. The average molecular weight is 425 g/mol. The van der Waals surface area contributed by atoms with Crippen molar-refractivity contribution in [1.82, 2.24) is 9.78 Å². The fourth-order valence-corrected chi connectivity index (χ4v) is 2.97. The third-order valence-corrected chi connectivity index (χ3v) is 4.99. The SMILES string of the molecule is CCOC(=O)c1cnn(C)c1NC(=O)c1ccc(COc2ccc(C(C)CC)cc2)o1. The third kappa shape index (κ3) is 5.33. The lowest BCUT2D eigenvalue weighted by atomic mass is 9.99. The molecule has 1 N–H and O–H groups in total. The van der Waals surface area contributed by atoms with Gasteiger partial charge in [0.05, 0.1) is 12.8 Å². The van der Waals surface area contributed by atoms with E-state index in [0.717, 1.165) is 12.2 Å². The molecule has 3 aromatic rings. The van der Waals surface area contributed by atoms with Crippen molar-refractivity contribution >= 4 is 17.7 Å². The molecule has 8 heteroatoms. The summed E-state index contributed by atoms with van der Waals surface area (Å²) in [5.74, 6) is 1.01. The summed E-state index contributed by atoms with van der Waals surface area (Å²) in [6.45, 7) is 6.47. The quantitative estimate of drug-likeness (QED) is 0.506. The number of nitrogens with zero attached hydrogens (tertiary/aromatic N) is 2. The lowest BCUT2D eigenvalue weighted by Gasteiger charge is -2.10. The summed E-state index contributed by atoms with van der Waals surface area (Å²) in [5, 5.41) is 6.66. The number of anilines is 1. The Morgan fingerprint density at radius 2 is 1.90 bits per heavy atom. The molecule has 1 amide bonds. The van der Waals surface area contributed by atoms with Crippen LogP contribution in [0.15, 0.2) is 47.0 Å². The molecule has 0 saturated carbocycles. The Labute approximate surface area is 181 Å². The third-order valence-electron chi connectivity index (χ3n) is 4.99. The number of hydrogen-bond donors (Lipinski definition) is 1. The zero-order chi connectivity index (χ0) is 22.4. The van der Waals surface area contributed by atoms with Crippen LogP contribution in [0.4, 0.5) is 5.82 Å². The largest absolute Gasteiger partial charge is 0.486 e. The van der Waals surface area contributed by atoms with Crippen molar-refractivity contribution in [2.45, 2.75) is 39.7 Å². The second-order valence-corrected chi connectivity index (χ2v) is 7.14. The number of nitrogens with one attached hydrogen (secondary N) is 1. The van der Waals surface area contributed by atoms with Crippen molar-refractivity contribution in [3.8, 4) is 5.75 Å². The number of aryl methyl sites for hydroxylation is 1. The number of hydrogen-bond acceptors (Lipinski definition) is 6. The van der Waals surface area contributed by atoms with Crippen LogP contribution in [-0.2, 0) is 18.4 Å². The second kappa shape index (κ2) is 9.97. The van der Waals surface area contributed by atoms with E-state index in [1.807, 2.05) is 12.1 Å². The first-order valence-corrected chi connectivity index (χ1v) is 10.2. The number of aromatic nitrogens is 2. The Kier molecular flexibility index (Phi) is 7.12. The van der Waals surface area contributed by atoms with Gasteiger partial charge >= 0.3 is 5.97 Å². The molecule has 0 aliphatic heterocycles. The molecule has 0 aliphatic rings. The summed E-state index contributed by atoms with van der Waals surface area (Å²) in [6, 6.07) is 11.2. The number of benzene rings is 1. The van der Waals surface area contributed by atoms with Crippen molar-refractivity contribution < 1.29 is 23.5 Å². The van der Waals surface area contributed by atoms with Gasteiger partial charge in [-0.2, -0.15) is 5.10 Å². The van der Waals surface area contributed by atoms with E-state index in [1.54, 1.807) is 26.1 Å². The van der Waals surface area contributed by atoms with E-state index in [4.69, 9.17) is 13.9 Å².